The van der Waals surface area contributed by atoms with Gasteiger partial charge in [-0.3, -0.25) is 9.59 Å². The number of hydrogen-bond acceptors (Lipinski definition) is 4. The Morgan fingerprint density at radius 2 is 2.00 bits per heavy atom. The second kappa shape index (κ2) is 7.80. The molecule has 6 heteroatoms. The van der Waals surface area contributed by atoms with Crippen molar-refractivity contribution in [2.75, 3.05) is 18.4 Å². The predicted octanol–water partition coefficient (Wildman–Crippen LogP) is 2.11. The fourth-order valence-corrected chi connectivity index (χ4v) is 3.53. The minimum Gasteiger partial charge on any atom is -0.480 e. The van der Waals surface area contributed by atoms with Gasteiger partial charge in [0.05, 0.1) is 0 Å². The number of amides is 2. The van der Waals surface area contributed by atoms with E-state index in [2.05, 4.69) is 16.0 Å². The number of para-hydroxylation sites is 1. The highest BCUT2D eigenvalue weighted by atomic mass is 16.5. The SMILES string of the molecule is O=C(NC1CCCNC1)c1cccc(NC(=O)C2Cc3ccccc3O2)c1. The molecule has 0 radical (unpaired) electrons. The minimum absolute atomic E-state index is 0.121. The first-order valence-corrected chi connectivity index (χ1v) is 9.36. The fraction of sp³-hybridized carbons (Fsp3) is 0.333. The molecule has 2 aliphatic rings. The van der Waals surface area contributed by atoms with Crippen molar-refractivity contribution in [3.63, 3.8) is 0 Å². The summed E-state index contributed by atoms with van der Waals surface area (Å²) in [5.74, 6) is 0.427. The number of ether oxygens (including phenoxy) is 1. The number of nitrogens with one attached hydrogen (secondary N) is 3. The van der Waals surface area contributed by atoms with Crippen molar-refractivity contribution in [1.82, 2.24) is 10.6 Å². The molecular formula is C21H23N3O3. The zero-order valence-electron chi connectivity index (χ0n) is 15.0. The fourth-order valence-electron chi connectivity index (χ4n) is 3.53. The molecular weight excluding hydrogens is 342 g/mol. The second-order valence-electron chi connectivity index (χ2n) is 7.01. The van der Waals surface area contributed by atoms with Crippen molar-refractivity contribution in [1.29, 1.82) is 0 Å². The summed E-state index contributed by atoms with van der Waals surface area (Å²) in [7, 11) is 0. The minimum atomic E-state index is -0.548. The highest BCUT2D eigenvalue weighted by Gasteiger charge is 2.28. The van der Waals surface area contributed by atoms with Gasteiger partial charge in [-0.15, -0.1) is 0 Å². The number of benzene rings is 2. The molecule has 1 saturated heterocycles. The topological polar surface area (TPSA) is 79.5 Å². The van der Waals surface area contributed by atoms with E-state index in [0.717, 1.165) is 37.2 Å². The van der Waals surface area contributed by atoms with Crippen LogP contribution in [0.3, 0.4) is 0 Å². The maximum atomic E-state index is 12.5. The molecule has 4 rings (SSSR count). The summed E-state index contributed by atoms with van der Waals surface area (Å²) in [5, 5.41) is 9.19. The molecule has 0 aliphatic carbocycles. The number of carbonyl (C=O) groups is 2. The van der Waals surface area contributed by atoms with Crippen LogP contribution in [0.4, 0.5) is 5.69 Å². The molecule has 2 unspecified atom stereocenters. The first kappa shape index (κ1) is 17.5. The summed E-state index contributed by atoms with van der Waals surface area (Å²) < 4.78 is 5.72. The quantitative estimate of drug-likeness (QED) is 0.775. The molecule has 2 aromatic rings. The normalized spacial score (nSPS) is 21.0. The molecule has 2 amide bonds. The number of piperidine rings is 1. The molecule has 3 N–H and O–H groups in total. The zero-order chi connectivity index (χ0) is 18.6. The average Bonchev–Trinajstić information content (AvgIpc) is 3.13. The van der Waals surface area contributed by atoms with Gasteiger partial charge in [-0.2, -0.15) is 0 Å². The summed E-state index contributed by atoms with van der Waals surface area (Å²) in [6.07, 6.45) is 2.05. The Kier molecular flexibility index (Phi) is 5.07. The van der Waals surface area contributed by atoms with Crippen LogP contribution in [0.5, 0.6) is 5.75 Å². The van der Waals surface area contributed by atoms with Crippen LogP contribution in [-0.2, 0) is 11.2 Å². The van der Waals surface area contributed by atoms with Crippen molar-refractivity contribution < 1.29 is 14.3 Å². The Hall–Kier alpha value is -2.86. The van der Waals surface area contributed by atoms with E-state index in [1.54, 1.807) is 24.3 Å². The van der Waals surface area contributed by atoms with E-state index in [4.69, 9.17) is 4.74 Å². The van der Waals surface area contributed by atoms with E-state index in [1.807, 2.05) is 24.3 Å². The molecule has 0 bridgehead atoms. The third-order valence-electron chi connectivity index (χ3n) is 4.96. The lowest BCUT2D eigenvalue weighted by molar-refractivity contribution is -0.122. The van der Waals surface area contributed by atoms with Gasteiger partial charge in [-0.1, -0.05) is 24.3 Å². The maximum absolute atomic E-state index is 12.5. The van der Waals surface area contributed by atoms with Gasteiger partial charge >= 0.3 is 0 Å². The van der Waals surface area contributed by atoms with Crippen molar-refractivity contribution in [3.8, 4) is 5.75 Å². The van der Waals surface area contributed by atoms with Crippen molar-refractivity contribution in [2.45, 2.75) is 31.4 Å². The van der Waals surface area contributed by atoms with Gasteiger partial charge in [0, 0.05) is 30.3 Å². The summed E-state index contributed by atoms with van der Waals surface area (Å²) in [5.41, 5.74) is 2.16. The summed E-state index contributed by atoms with van der Waals surface area (Å²) in [6, 6.07) is 14.8. The summed E-state index contributed by atoms with van der Waals surface area (Å²) in [6.45, 7) is 1.79. The van der Waals surface area contributed by atoms with E-state index < -0.39 is 6.10 Å². The Balaban J connectivity index is 1.38. The molecule has 1 fully saturated rings. The molecule has 27 heavy (non-hydrogen) atoms. The van der Waals surface area contributed by atoms with E-state index in [-0.39, 0.29) is 17.9 Å². The smallest absolute Gasteiger partial charge is 0.265 e. The largest absolute Gasteiger partial charge is 0.480 e. The van der Waals surface area contributed by atoms with Crippen LogP contribution >= 0.6 is 0 Å². The Morgan fingerprint density at radius 1 is 1.11 bits per heavy atom. The Morgan fingerprint density at radius 3 is 2.81 bits per heavy atom. The van der Waals surface area contributed by atoms with Crippen LogP contribution < -0.4 is 20.7 Å². The number of fused-ring (bicyclic) bond motifs is 1. The molecule has 0 aromatic heterocycles. The van der Waals surface area contributed by atoms with E-state index >= 15 is 0 Å². The van der Waals surface area contributed by atoms with Crippen LogP contribution in [0.25, 0.3) is 0 Å². The number of rotatable bonds is 4. The molecule has 0 spiro atoms. The van der Waals surface area contributed by atoms with Crippen LogP contribution in [-0.4, -0.2) is 37.0 Å². The third-order valence-corrected chi connectivity index (χ3v) is 4.96. The van der Waals surface area contributed by atoms with Gasteiger partial charge in [0.2, 0.25) is 0 Å². The number of carbonyl (C=O) groups excluding carboxylic acids is 2. The van der Waals surface area contributed by atoms with E-state index in [1.165, 1.54) is 0 Å². The first-order valence-electron chi connectivity index (χ1n) is 9.36. The lowest BCUT2D eigenvalue weighted by atomic mass is 10.1. The highest BCUT2D eigenvalue weighted by Crippen LogP contribution is 2.28. The number of anilines is 1. The van der Waals surface area contributed by atoms with Gasteiger partial charge in [0.25, 0.3) is 11.8 Å². The van der Waals surface area contributed by atoms with Gasteiger partial charge in [-0.05, 0) is 49.2 Å². The molecule has 140 valence electrons. The van der Waals surface area contributed by atoms with Crippen LogP contribution in [0.2, 0.25) is 0 Å². The van der Waals surface area contributed by atoms with Gasteiger partial charge in [0.15, 0.2) is 6.10 Å². The summed E-state index contributed by atoms with van der Waals surface area (Å²) in [4.78, 5) is 25.0. The molecule has 6 nitrogen and oxygen atoms in total. The van der Waals surface area contributed by atoms with E-state index in [9.17, 15) is 9.59 Å². The molecule has 2 atom stereocenters. The highest BCUT2D eigenvalue weighted by molar-refractivity contribution is 5.98. The van der Waals surface area contributed by atoms with Gasteiger partial charge < -0.3 is 20.7 Å². The van der Waals surface area contributed by atoms with Crippen LogP contribution in [0.1, 0.15) is 28.8 Å². The Labute approximate surface area is 158 Å². The average molecular weight is 365 g/mol. The molecule has 0 saturated carbocycles. The maximum Gasteiger partial charge on any atom is 0.265 e. The zero-order valence-corrected chi connectivity index (χ0v) is 15.0. The van der Waals surface area contributed by atoms with Gasteiger partial charge in [0.1, 0.15) is 5.75 Å². The van der Waals surface area contributed by atoms with Crippen LogP contribution in [0.15, 0.2) is 48.5 Å². The Bertz CT molecular complexity index is 821. The van der Waals surface area contributed by atoms with Crippen LogP contribution in [0, 0.1) is 0 Å². The summed E-state index contributed by atoms with van der Waals surface area (Å²) >= 11 is 0. The van der Waals surface area contributed by atoms with Crippen molar-refractivity contribution in [2.24, 2.45) is 0 Å². The lowest BCUT2D eigenvalue weighted by Crippen LogP contribution is -2.45. The van der Waals surface area contributed by atoms with Crippen molar-refractivity contribution >= 4 is 17.5 Å². The molecule has 2 aromatic carbocycles. The first-order chi connectivity index (χ1) is 13.2. The lowest BCUT2D eigenvalue weighted by Gasteiger charge is -2.23. The third kappa shape index (κ3) is 4.11. The predicted molar refractivity (Wildman–Crippen MR) is 103 cm³/mol. The second-order valence-corrected chi connectivity index (χ2v) is 7.01. The molecule has 2 aliphatic heterocycles. The van der Waals surface area contributed by atoms with Gasteiger partial charge in [-0.25, -0.2) is 0 Å². The number of hydrogen-bond donors (Lipinski definition) is 3. The molecule has 2 heterocycles. The standard InChI is InChI=1S/C21H23N3O3/c25-20(24-17-8-4-10-22-13-17)15-6-3-7-16(11-15)23-21(26)19-12-14-5-1-2-9-18(14)27-19/h1-3,5-7,9,11,17,19,22H,4,8,10,12-13H2,(H,23,26)(H,24,25). The van der Waals surface area contributed by atoms with E-state index in [0.29, 0.717) is 17.7 Å². The van der Waals surface area contributed by atoms with Crippen molar-refractivity contribution in [3.05, 3.63) is 59.7 Å². The monoisotopic (exact) mass is 365 g/mol.